The lowest BCUT2D eigenvalue weighted by molar-refractivity contribution is -0.166. The average molecular weight is 465 g/mol. The number of hydrogen-bond donors (Lipinski definition) is 2. The van der Waals surface area contributed by atoms with Gasteiger partial charge in [-0.05, 0) is 75.8 Å². The second-order valence-corrected chi connectivity index (χ2v) is 11.3. The minimum Gasteiger partial charge on any atom is -0.481 e. The number of nitrogens with zero attached hydrogens (tertiary/aromatic N) is 5. The number of amidine groups is 1. The first-order valence-electron chi connectivity index (χ1n) is 12.6. The third-order valence-electron chi connectivity index (χ3n) is 9.12. The van der Waals surface area contributed by atoms with E-state index in [9.17, 15) is 15.2 Å². The van der Waals surface area contributed by atoms with Gasteiger partial charge in [-0.1, -0.05) is 6.07 Å². The zero-order valence-corrected chi connectivity index (χ0v) is 20.3. The van der Waals surface area contributed by atoms with E-state index >= 15 is 0 Å². The third-order valence-corrected chi connectivity index (χ3v) is 9.12. The van der Waals surface area contributed by atoms with Gasteiger partial charge in [0.1, 0.15) is 11.7 Å². The Morgan fingerprint density at radius 2 is 1.94 bits per heavy atom. The van der Waals surface area contributed by atoms with Crippen LogP contribution in [0.3, 0.4) is 0 Å². The van der Waals surface area contributed by atoms with E-state index in [1.54, 1.807) is 0 Å². The van der Waals surface area contributed by atoms with Crippen LogP contribution in [0.1, 0.15) is 51.1 Å². The van der Waals surface area contributed by atoms with Gasteiger partial charge in [0, 0.05) is 31.9 Å². The van der Waals surface area contributed by atoms with Crippen LogP contribution in [0.2, 0.25) is 0 Å². The van der Waals surface area contributed by atoms with E-state index in [4.69, 9.17) is 10.7 Å². The van der Waals surface area contributed by atoms with Crippen molar-refractivity contribution >= 4 is 17.6 Å². The maximum atomic E-state index is 12.1. The molecular formula is C26H36N6O2. The molecule has 8 nitrogen and oxygen atoms in total. The maximum absolute atomic E-state index is 12.1. The van der Waals surface area contributed by atoms with Crippen LogP contribution in [0.5, 0.6) is 0 Å². The molecule has 4 bridgehead atoms. The number of anilines is 1. The fourth-order valence-corrected chi connectivity index (χ4v) is 7.42. The van der Waals surface area contributed by atoms with Gasteiger partial charge in [0.05, 0.1) is 29.5 Å². The highest BCUT2D eigenvalue weighted by atomic mass is 16.4. The molecule has 1 aromatic rings. The quantitative estimate of drug-likeness (QED) is 0.491. The van der Waals surface area contributed by atoms with E-state index in [0.29, 0.717) is 24.6 Å². The summed E-state index contributed by atoms with van der Waals surface area (Å²) in [6, 6.07) is 8.52. The maximum Gasteiger partial charge on any atom is 0.309 e. The number of piperazine rings is 1. The minimum absolute atomic E-state index is 0.0832. The number of aliphatic imine (C=N–C) groups is 1. The largest absolute Gasteiger partial charge is 0.481 e. The summed E-state index contributed by atoms with van der Waals surface area (Å²) in [5.74, 6) is 1.99. The number of hydrogen-bond acceptors (Lipinski definition) is 6. The van der Waals surface area contributed by atoms with Crippen molar-refractivity contribution in [1.29, 1.82) is 5.26 Å². The summed E-state index contributed by atoms with van der Waals surface area (Å²) in [5.41, 5.74) is 6.55. The molecule has 3 atom stereocenters. The molecule has 1 saturated heterocycles. The molecule has 6 rings (SSSR count). The van der Waals surface area contributed by atoms with Crippen LogP contribution >= 0.6 is 0 Å². The van der Waals surface area contributed by atoms with E-state index in [0.717, 1.165) is 57.0 Å². The number of carboxylic acid groups (broad SMARTS) is 1. The smallest absolute Gasteiger partial charge is 0.309 e. The van der Waals surface area contributed by atoms with Gasteiger partial charge in [0.2, 0.25) is 0 Å². The summed E-state index contributed by atoms with van der Waals surface area (Å²) in [7, 11) is 0. The number of nitriles is 1. The van der Waals surface area contributed by atoms with Gasteiger partial charge in [0.25, 0.3) is 0 Å². The topological polar surface area (TPSA) is 119 Å². The molecule has 1 aliphatic heterocycles. The zero-order chi connectivity index (χ0) is 24.1. The van der Waals surface area contributed by atoms with Crippen molar-refractivity contribution in [2.75, 3.05) is 31.1 Å². The zero-order valence-electron chi connectivity index (χ0n) is 20.3. The Kier molecular flexibility index (Phi) is 5.79. The van der Waals surface area contributed by atoms with Gasteiger partial charge >= 0.3 is 5.97 Å². The van der Waals surface area contributed by atoms with E-state index in [2.05, 4.69) is 20.9 Å². The van der Waals surface area contributed by atoms with Crippen LogP contribution in [0.4, 0.5) is 5.82 Å². The Morgan fingerprint density at radius 3 is 2.53 bits per heavy atom. The first-order valence-corrected chi connectivity index (χ1v) is 12.6. The summed E-state index contributed by atoms with van der Waals surface area (Å²) in [5, 5.41) is 19.6. The third kappa shape index (κ3) is 3.84. The van der Waals surface area contributed by atoms with Crippen molar-refractivity contribution in [2.45, 2.75) is 64.0 Å². The molecule has 0 aromatic carbocycles. The average Bonchev–Trinajstić information content (AvgIpc) is 2.81. The number of nitrogens with two attached hydrogens (primary N) is 1. The number of aliphatic carboxylic acids is 1. The summed E-state index contributed by atoms with van der Waals surface area (Å²) < 4.78 is 0. The Morgan fingerprint density at radius 1 is 1.26 bits per heavy atom. The van der Waals surface area contributed by atoms with Gasteiger partial charge in [-0.25, -0.2) is 4.98 Å². The van der Waals surface area contributed by atoms with Crippen molar-refractivity contribution in [1.82, 2.24) is 9.88 Å². The van der Waals surface area contributed by atoms with Crippen LogP contribution in [0.15, 0.2) is 23.2 Å². The van der Waals surface area contributed by atoms with Crippen molar-refractivity contribution in [3.05, 3.63) is 23.9 Å². The van der Waals surface area contributed by atoms with Crippen molar-refractivity contribution in [3.8, 4) is 6.07 Å². The van der Waals surface area contributed by atoms with Crippen molar-refractivity contribution in [2.24, 2.45) is 33.9 Å². The number of rotatable bonds is 6. The Labute approximate surface area is 201 Å². The van der Waals surface area contributed by atoms with Gasteiger partial charge in [-0.2, -0.15) is 5.26 Å². The highest BCUT2D eigenvalue weighted by Gasteiger charge is 2.59. The van der Waals surface area contributed by atoms with E-state index in [-0.39, 0.29) is 24.3 Å². The lowest BCUT2D eigenvalue weighted by atomic mass is 9.48. The fourth-order valence-electron chi connectivity index (χ4n) is 7.42. The highest BCUT2D eigenvalue weighted by molar-refractivity contribution is 5.90. The Balaban J connectivity index is 1.33. The minimum atomic E-state index is -0.627. The molecule has 3 unspecified atom stereocenters. The number of pyridine rings is 1. The number of aryl methyl sites for hydroxylation is 1. The molecule has 34 heavy (non-hydrogen) atoms. The van der Waals surface area contributed by atoms with Gasteiger partial charge in [-0.3, -0.25) is 14.7 Å². The fraction of sp³-hybridized carbons (Fsp3) is 0.692. The predicted octanol–water partition coefficient (Wildman–Crippen LogP) is 2.82. The van der Waals surface area contributed by atoms with Crippen molar-refractivity contribution in [3.63, 3.8) is 0 Å². The monoisotopic (exact) mass is 464 g/mol. The molecule has 5 aliphatic rings. The second kappa shape index (κ2) is 8.53. The van der Waals surface area contributed by atoms with E-state index in [1.807, 2.05) is 32.0 Å². The molecule has 0 radical (unpaired) electrons. The van der Waals surface area contributed by atoms with Crippen LogP contribution < -0.4 is 10.6 Å². The number of aromatic nitrogens is 1. The van der Waals surface area contributed by atoms with Crippen LogP contribution in [0, 0.1) is 41.4 Å². The normalized spacial score (nSPS) is 35.1. The lowest BCUT2D eigenvalue weighted by Crippen LogP contribution is -2.62. The van der Waals surface area contributed by atoms with Gasteiger partial charge in [-0.15, -0.1) is 0 Å². The molecular weight excluding hydrogens is 428 g/mol. The molecule has 182 valence electrons. The molecule has 8 heteroatoms. The van der Waals surface area contributed by atoms with Gasteiger partial charge < -0.3 is 15.7 Å². The second-order valence-electron chi connectivity index (χ2n) is 11.3. The lowest BCUT2D eigenvalue weighted by Gasteiger charge is -2.57. The number of carbonyl (C=O) groups is 1. The first kappa shape index (κ1) is 23.1. The van der Waals surface area contributed by atoms with Gasteiger partial charge in [0.15, 0.2) is 0 Å². The number of carboxylic acids is 1. The van der Waals surface area contributed by atoms with Crippen LogP contribution in [0.25, 0.3) is 0 Å². The highest BCUT2D eigenvalue weighted by Crippen LogP contribution is 2.61. The Bertz CT molecular complexity index is 1010. The van der Waals surface area contributed by atoms with Crippen LogP contribution in [-0.2, 0) is 4.79 Å². The van der Waals surface area contributed by atoms with E-state index < -0.39 is 16.9 Å². The molecule has 1 aromatic heterocycles. The Hall–Kier alpha value is -2.66. The summed E-state index contributed by atoms with van der Waals surface area (Å²) in [6.45, 7) is 7.26. The molecule has 0 spiro atoms. The van der Waals surface area contributed by atoms with Crippen LogP contribution in [-0.4, -0.2) is 64.6 Å². The SMILES string of the molecule is Cc1cccc(N2CCN(C(C)(CC#N)C(N)=NC3C4CC5CC3CC(C(=O)O)(C5)C4)CC2)n1. The van der Waals surface area contributed by atoms with E-state index in [1.165, 1.54) is 0 Å². The molecule has 3 N–H and O–H groups in total. The molecule has 4 aliphatic carbocycles. The molecule has 4 saturated carbocycles. The standard InChI is InChI=1S/C26H36N6O2/c1-17-4-3-5-21(29-17)31-8-10-32(11-9-31)25(2,6-7-27)23(28)30-22-19-12-18-13-20(22)16-26(14-18,15-19)24(33)34/h3-5,18-20,22H,6,8-16H2,1-2H3,(H2,28,30)(H,33,34). The molecule has 0 amide bonds. The summed E-state index contributed by atoms with van der Waals surface area (Å²) in [4.78, 5) is 26.4. The summed E-state index contributed by atoms with van der Waals surface area (Å²) >= 11 is 0. The summed E-state index contributed by atoms with van der Waals surface area (Å²) in [6.07, 6.45) is 4.66. The molecule has 2 heterocycles. The first-order chi connectivity index (χ1) is 16.2. The van der Waals surface area contributed by atoms with Crippen molar-refractivity contribution < 1.29 is 9.90 Å². The predicted molar refractivity (Wildman–Crippen MR) is 130 cm³/mol. The molecule has 5 fully saturated rings.